The lowest BCUT2D eigenvalue weighted by atomic mass is 9.95. The third-order valence-corrected chi connectivity index (χ3v) is 3.70. The van der Waals surface area contributed by atoms with E-state index in [-0.39, 0.29) is 29.0 Å². The maximum Gasteiger partial charge on any atom is 0.274 e. The van der Waals surface area contributed by atoms with Crippen molar-refractivity contribution in [3.63, 3.8) is 0 Å². The molecule has 0 aromatic carbocycles. The number of nitrogens with zero attached hydrogens (tertiary/aromatic N) is 3. The fourth-order valence-corrected chi connectivity index (χ4v) is 2.45. The molecule has 2 N–H and O–H groups in total. The number of hydrogen-bond acceptors (Lipinski definition) is 4. The van der Waals surface area contributed by atoms with E-state index in [0.29, 0.717) is 5.82 Å². The van der Waals surface area contributed by atoms with Gasteiger partial charge in [0.05, 0.1) is 0 Å². The molecule has 0 unspecified atom stereocenters. The van der Waals surface area contributed by atoms with Gasteiger partial charge in [-0.3, -0.25) is 10.2 Å². The Morgan fingerprint density at radius 3 is 2.60 bits per heavy atom. The molecular formula is C14H23N5O. The quantitative estimate of drug-likeness (QED) is 0.877. The van der Waals surface area contributed by atoms with E-state index in [1.165, 1.54) is 11.1 Å². The predicted molar refractivity (Wildman–Crippen MR) is 75.3 cm³/mol. The largest absolute Gasteiger partial charge is 0.348 e. The molecule has 0 bridgehead atoms. The molecule has 0 aliphatic heterocycles. The monoisotopic (exact) mass is 277 g/mol. The molecule has 20 heavy (non-hydrogen) atoms. The molecule has 1 amide bonds. The number of rotatable bonds is 3. The zero-order chi connectivity index (χ0) is 14.7. The third-order valence-electron chi connectivity index (χ3n) is 3.70. The zero-order valence-electron chi connectivity index (χ0n) is 12.4. The number of amides is 1. The fraction of sp³-hybridized carbons (Fsp3) is 0.714. The summed E-state index contributed by atoms with van der Waals surface area (Å²) in [5.41, 5.74) is 0.236. The molecule has 1 aromatic heterocycles. The van der Waals surface area contributed by atoms with Crippen molar-refractivity contribution in [1.82, 2.24) is 20.1 Å². The van der Waals surface area contributed by atoms with E-state index in [9.17, 15) is 4.79 Å². The first-order chi connectivity index (χ1) is 9.49. The molecule has 0 atom stereocenters. The van der Waals surface area contributed by atoms with Crippen molar-refractivity contribution in [2.24, 2.45) is 7.05 Å². The van der Waals surface area contributed by atoms with Crippen LogP contribution in [0.1, 0.15) is 68.2 Å². The minimum atomic E-state index is -0.248. The molecule has 6 nitrogen and oxygen atoms in total. The number of aromatic nitrogens is 3. The van der Waals surface area contributed by atoms with Gasteiger partial charge in [-0.15, -0.1) is 0 Å². The van der Waals surface area contributed by atoms with Gasteiger partial charge in [0.25, 0.3) is 5.91 Å². The minimum Gasteiger partial charge on any atom is -0.348 e. The molecule has 1 aliphatic carbocycles. The van der Waals surface area contributed by atoms with Crippen molar-refractivity contribution >= 4 is 5.91 Å². The second-order valence-electron chi connectivity index (χ2n) is 5.75. The minimum absolute atomic E-state index is 0.0581. The number of carbonyl (C=O) groups excluding carboxylic acids is 1. The fourth-order valence-electron chi connectivity index (χ4n) is 2.45. The topological polar surface area (TPSA) is 83.7 Å². The molecule has 2 rings (SSSR count). The summed E-state index contributed by atoms with van der Waals surface area (Å²) in [5, 5.41) is 15.2. The van der Waals surface area contributed by atoms with Crippen molar-refractivity contribution < 1.29 is 4.79 Å². The van der Waals surface area contributed by atoms with Gasteiger partial charge >= 0.3 is 0 Å². The van der Waals surface area contributed by atoms with Gasteiger partial charge in [0, 0.05) is 19.0 Å². The summed E-state index contributed by atoms with van der Waals surface area (Å²) >= 11 is 0. The van der Waals surface area contributed by atoms with Crippen LogP contribution in [0.4, 0.5) is 0 Å². The van der Waals surface area contributed by atoms with Crippen molar-refractivity contribution in [1.29, 1.82) is 5.41 Å². The van der Waals surface area contributed by atoms with Crippen molar-refractivity contribution in [3.8, 4) is 0 Å². The highest BCUT2D eigenvalue weighted by atomic mass is 16.2. The van der Waals surface area contributed by atoms with E-state index in [2.05, 4.69) is 15.4 Å². The molecule has 1 saturated carbocycles. The highest BCUT2D eigenvalue weighted by Gasteiger charge is 2.20. The molecule has 110 valence electrons. The summed E-state index contributed by atoms with van der Waals surface area (Å²) in [4.78, 5) is 16.6. The lowest BCUT2D eigenvalue weighted by Gasteiger charge is -2.22. The zero-order valence-corrected chi connectivity index (χ0v) is 12.4. The van der Waals surface area contributed by atoms with Gasteiger partial charge in [-0.25, -0.2) is 9.67 Å². The summed E-state index contributed by atoms with van der Waals surface area (Å²) in [6.07, 6.45) is 5.61. The summed E-state index contributed by atoms with van der Waals surface area (Å²) in [5.74, 6) is 0.474. The number of aryl methyl sites for hydroxylation is 1. The molecule has 1 fully saturated rings. The van der Waals surface area contributed by atoms with Gasteiger partial charge in [0.1, 0.15) is 0 Å². The Hall–Kier alpha value is -1.72. The Balaban J connectivity index is 2.22. The Morgan fingerprint density at radius 1 is 1.35 bits per heavy atom. The maximum absolute atomic E-state index is 12.3. The molecule has 6 heteroatoms. The third kappa shape index (κ3) is 3.23. The normalized spacial score (nSPS) is 16.4. The van der Waals surface area contributed by atoms with Crippen LogP contribution < -0.4 is 10.8 Å². The molecule has 0 saturated heterocycles. The van der Waals surface area contributed by atoms with E-state index < -0.39 is 0 Å². The summed E-state index contributed by atoms with van der Waals surface area (Å²) in [6, 6.07) is 0.221. The van der Waals surface area contributed by atoms with Crippen LogP contribution in [0.2, 0.25) is 0 Å². The average molecular weight is 277 g/mol. The number of carbonyl (C=O) groups is 1. The van der Waals surface area contributed by atoms with E-state index in [1.807, 2.05) is 13.8 Å². The van der Waals surface area contributed by atoms with Gasteiger partial charge in [-0.1, -0.05) is 33.1 Å². The maximum atomic E-state index is 12.3. The van der Waals surface area contributed by atoms with Crippen molar-refractivity contribution in [2.75, 3.05) is 0 Å². The predicted octanol–water partition coefficient (Wildman–Crippen LogP) is 1.48. The van der Waals surface area contributed by atoms with E-state index >= 15 is 0 Å². The van der Waals surface area contributed by atoms with Gasteiger partial charge in [-0.2, -0.15) is 5.10 Å². The van der Waals surface area contributed by atoms with Crippen LogP contribution in [0.15, 0.2) is 0 Å². The van der Waals surface area contributed by atoms with Crippen LogP contribution in [-0.4, -0.2) is 26.7 Å². The Labute approximate surface area is 119 Å². The molecule has 1 heterocycles. The molecule has 0 radical (unpaired) electrons. The first kappa shape index (κ1) is 14.7. The van der Waals surface area contributed by atoms with E-state index in [0.717, 1.165) is 25.7 Å². The molecule has 1 aromatic rings. The van der Waals surface area contributed by atoms with Crippen molar-refractivity contribution in [3.05, 3.63) is 17.0 Å². The molecular weight excluding hydrogens is 254 g/mol. The Kier molecular flexibility index (Phi) is 4.52. The standard InChI is InChI=1S/C14H23N5O/c1-9(2)13-17-11(12(15)19(3)18-13)14(20)16-10-7-5-4-6-8-10/h9-10,15H,4-8H2,1-3H3,(H,16,20). The van der Waals surface area contributed by atoms with Gasteiger partial charge in [0.2, 0.25) is 0 Å². The van der Waals surface area contributed by atoms with Crippen molar-refractivity contribution in [2.45, 2.75) is 57.9 Å². The smallest absolute Gasteiger partial charge is 0.274 e. The van der Waals surface area contributed by atoms with Crippen LogP contribution in [-0.2, 0) is 7.05 Å². The highest BCUT2D eigenvalue weighted by Crippen LogP contribution is 2.17. The van der Waals surface area contributed by atoms with E-state index in [4.69, 9.17) is 5.41 Å². The van der Waals surface area contributed by atoms with Gasteiger partial charge < -0.3 is 5.32 Å². The second kappa shape index (κ2) is 6.15. The lowest BCUT2D eigenvalue weighted by molar-refractivity contribution is 0.0918. The summed E-state index contributed by atoms with van der Waals surface area (Å²) < 4.78 is 1.41. The van der Waals surface area contributed by atoms with Gasteiger partial charge in [0.15, 0.2) is 17.0 Å². The first-order valence-corrected chi connectivity index (χ1v) is 7.29. The van der Waals surface area contributed by atoms with Gasteiger partial charge in [-0.05, 0) is 12.8 Å². The Morgan fingerprint density at radius 2 is 2.00 bits per heavy atom. The SMILES string of the molecule is CC(C)c1nc(C(=O)NC2CCCCC2)c(=N)n(C)n1. The van der Waals surface area contributed by atoms with Crippen LogP contribution in [0.5, 0.6) is 0 Å². The summed E-state index contributed by atoms with van der Waals surface area (Å²) in [7, 11) is 1.67. The first-order valence-electron chi connectivity index (χ1n) is 7.29. The number of hydrogen-bond donors (Lipinski definition) is 2. The summed E-state index contributed by atoms with van der Waals surface area (Å²) in [6.45, 7) is 3.95. The van der Waals surface area contributed by atoms with E-state index in [1.54, 1.807) is 7.05 Å². The second-order valence-corrected chi connectivity index (χ2v) is 5.75. The van der Waals surface area contributed by atoms with Crippen LogP contribution in [0.25, 0.3) is 0 Å². The van der Waals surface area contributed by atoms with Crippen LogP contribution >= 0.6 is 0 Å². The Bertz CT molecular complexity index is 543. The van der Waals surface area contributed by atoms with Crippen LogP contribution in [0.3, 0.4) is 0 Å². The lowest BCUT2D eigenvalue weighted by Crippen LogP contribution is -2.41. The average Bonchev–Trinajstić information content (AvgIpc) is 2.42. The highest BCUT2D eigenvalue weighted by molar-refractivity contribution is 5.91. The molecule has 1 aliphatic rings. The number of nitrogens with one attached hydrogen (secondary N) is 2. The molecule has 0 spiro atoms. The van der Waals surface area contributed by atoms with Crippen LogP contribution in [0, 0.1) is 5.41 Å².